The molecule has 6 heteroatoms. The monoisotopic (exact) mass is 342 g/mol. The SMILES string of the molecule is CC.NC1=N[C@H](c2cc(Br)cs2)CC2=NCCCN12. The van der Waals surface area contributed by atoms with Gasteiger partial charge in [0, 0.05) is 34.2 Å². The first kappa shape index (κ1) is 14.5. The van der Waals surface area contributed by atoms with Crippen LogP contribution in [0.15, 0.2) is 25.9 Å². The largest absolute Gasteiger partial charge is 0.369 e. The van der Waals surface area contributed by atoms with Crippen molar-refractivity contribution in [3.63, 3.8) is 0 Å². The molecule has 1 aromatic heterocycles. The van der Waals surface area contributed by atoms with E-state index in [9.17, 15) is 0 Å². The van der Waals surface area contributed by atoms with Crippen molar-refractivity contribution in [1.29, 1.82) is 0 Å². The van der Waals surface area contributed by atoms with Gasteiger partial charge in [-0.3, -0.25) is 4.99 Å². The van der Waals surface area contributed by atoms with Gasteiger partial charge >= 0.3 is 0 Å². The first-order chi connectivity index (χ1) is 9.24. The molecule has 0 bridgehead atoms. The number of nitrogens with zero attached hydrogens (tertiary/aromatic N) is 3. The molecule has 0 radical (unpaired) electrons. The molecule has 0 fully saturated rings. The van der Waals surface area contributed by atoms with Crippen LogP contribution in [0.25, 0.3) is 0 Å². The highest BCUT2D eigenvalue weighted by atomic mass is 79.9. The lowest BCUT2D eigenvalue weighted by molar-refractivity contribution is 0.495. The van der Waals surface area contributed by atoms with Crippen LogP contribution in [0.4, 0.5) is 0 Å². The van der Waals surface area contributed by atoms with Crippen LogP contribution in [0.2, 0.25) is 0 Å². The van der Waals surface area contributed by atoms with Gasteiger partial charge in [-0.25, -0.2) is 4.99 Å². The van der Waals surface area contributed by atoms with E-state index in [1.807, 2.05) is 18.7 Å². The maximum Gasteiger partial charge on any atom is 0.197 e. The van der Waals surface area contributed by atoms with E-state index in [-0.39, 0.29) is 6.04 Å². The fourth-order valence-corrected chi connectivity index (χ4v) is 3.67. The van der Waals surface area contributed by atoms with Crippen LogP contribution >= 0.6 is 27.3 Å². The average molecular weight is 343 g/mol. The molecule has 2 aliphatic heterocycles. The molecule has 19 heavy (non-hydrogen) atoms. The number of amidine groups is 1. The molecule has 0 unspecified atom stereocenters. The van der Waals surface area contributed by atoms with Crippen molar-refractivity contribution in [3.05, 3.63) is 20.8 Å². The summed E-state index contributed by atoms with van der Waals surface area (Å²) in [7, 11) is 0. The van der Waals surface area contributed by atoms with Gasteiger partial charge in [-0.1, -0.05) is 13.8 Å². The van der Waals surface area contributed by atoms with Crippen molar-refractivity contribution < 1.29 is 0 Å². The van der Waals surface area contributed by atoms with Crippen molar-refractivity contribution in [2.75, 3.05) is 13.1 Å². The molecular weight excluding hydrogens is 324 g/mol. The first-order valence-electron chi connectivity index (χ1n) is 6.62. The summed E-state index contributed by atoms with van der Waals surface area (Å²) in [4.78, 5) is 12.4. The Morgan fingerprint density at radius 3 is 2.95 bits per heavy atom. The number of thiophene rings is 1. The Labute approximate surface area is 126 Å². The van der Waals surface area contributed by atoms with Crippen molar-refractivity contribution in [3.8, 4) is 0 Å². The Morgan fingerprint density at radius 2 is 2.26 bits per heavy atom. The van der Waals surface area contributed by atoms with E-state index in [4.69, 9.17) is 5.73 Å². The smallest absolute Gasteiger partial charge is 0.197 e. The summed E-state index contributed by atoms with van der Waals surface area (Å²) in [6.07, 6.45) is 1.93. The molecule has 0 saturated heterocycles. The van der Waals surface area contributed by atoms with E-state index < -0.39 is 0 Å². The number of hydrogen-bond donors (Lipinski definition) is 1. The molecule has 3 rings (SSSR count). The summed E-state index contributed by atoms with van der Waals surface area (Å²) in [5.41, 5.74) is 6.01. The second-order valence-corrected chi connectivity index (χ2v) is 6.04. The Kier molecular flexibility index (Phi) is 4.99. The molecule has 1 atom stereocenters. The van der Waals surface area contributed by atoms with Crippen LogP contribution in [0.1, 0.15) is 37.6 Å². The Bertz CT molecular complexity index is 495. The Hall–Kier alpha value is -0.880. The summed E-state index contributed by atoms with van der Waals surface area (Å²) >= 11 is 5.19. The summed E-state index contributed by atoms with van der Waals surface area (Å²) in [5.74, 6) is 1.71. The van der Waals surface area contributed by atoms with E-state index in [0.29, 0.717) is 5.96 Å². The third-order valence-electron chi connectivity index (χ3n) is 3.00. The van der Waals surface area contributed by atoms with E-state index in [1.54, 1.807) is 11.3 Å². The number of halogens is 1. The number of aliphatic imine (C=N–C) groups is 2. The predicted molar refractivity (Wildman–Crippen MR) is 86.0 cm³/mol. The zero-order chi connectivity index (χ0) is 13.8. The minimum absolute atomic E-state index is 0.138. The zero-order valence-electron chi connectivity index (χ0n) is 11.3. The highest BCUT2D eigenvalue weighted by Crippen LogP contribution is 2.33. The molecule has 0 saturated carbocycles. The summed E-state index contributed by atoms with van der Waals surface area (Å²) in [6, 6.07) is 2.25. The highest BCUT2D eigenvalue weighted by molar-refractivity contribution is 9.10. The third-order valence-corrected chi connectivity index (χ3v) is 4.80. The molecule has 2 N–H and O–H groups in total. The summed E-state index contributed by atoms with van der Waals surface area (Å²) in [6.45, 7) is 5.87. The van der Waals surface area contributed by atoms with Crippen LogP contribution < -0.4 is 5.73 Å². The molecule has 2 aliphatic rings. The minimum Gasteiger partial charge on any atom is -0.369 e. The van der Waals surface area contributed by atoms with Gasteiger partial charge in [-0.2, -0.15) is 0 Å². The molecule has 0 aliphatic carbocycles. The standard InChI is InChI=1S/C11H13BrN4S.C2H6/c12-7-4-9(17-6-7)8-5-10-14-2-1-3-16(10)11(13)15-8;1-2/h4,6,8H,1-3,5H2,(H2,13,15);1-2H3/t8-;/m0./s1. The lowest BCUT2D eigenvalue weighted by Gasteiger charge is -2.33. The van der Waals surface area contributed by atoms with Gasteiger partial charge in [-0.15, -0.1) is 11.3 Å². The second-order valence-electron chi connectivity index (χ2n) is 4.18. The van der Waals surface area contributed by atoms with Crippen molar-refractivity contribution in [1.82, 2.24) is 4.90 Å². The fourth-order valence-electron chi connectivity index (χ4n) is 2.19. The second kappa shape index (κ2) is 6.52. The molecule has 4 nitrogen and oxygen atoms in total. The van der Waals surface area contributed by atoms with E-state index in [2.05, 4.69) is 37.4 Å². The normalized spacial score (nSPS) is 21.8. The third kappa shape index (κ3) is 3.17. The number of guanidine groups is 1. The van der Waals surface area contributed by atoms with Crippen molar-refractivity contribution >= 4 is 39.1 Å². The van der Waals surface area contributed by atoms with Gasteiger partial charge in [-0.05, 0) is 28.4 Å². The Balaban J connectivity index is 0.000000637. The minimum atomic E-state index is 0.138. The lowest BCUT2D eigenvalue weighted by atomic mass is 10.1. The van der Waals surface area contributed by atoms with Crippen LogP contribution in [0.3, 0.4) is 0 Å². The quantitative estimate of drug-likeness (QED) is 0.850. The van der Waals surface area contributed by atoms with E-state index >= 15 is 0 Å². The van der Waals surface area contributed by atoms with Crippen LogP contribution in [-0.2, 0) is 0 Å². The van der Waals surface area contributed by atoms with Crippen molar-refractivity contribution in [2.24, 2.45) is 15.7 Å². The van der Waals surface area contributed by atoms with Crippen LogP contribution in [-0.4, -0.2) is 29.8 Å². The van der Waals surface area contributed by atoms with Gasteiger partial charge in [0.05, 0.1) is 6.04 Å². The molecule has 0 aromatic carbocycles. The molecule has 104 valence electrons. The molecular formula is C13H19BrN4S. The predicted octanol–water partition coefficient (Wildman–Crippen LogP) is 3.40. The summed E-state index contributed by atoms with van der Waals surface area (Å²) in [5, 5.41) is 2.08. The van der Waals surface area contributed by atoms with Crippen LogP contribution in [0, 0.1) is 0 Å². The number of nitrogens with two attached hydrogens (primary N) is 1. The number of rotatable bonds is 1. The van der Waals surface area contributed by atoms with E-state index in [0.717, 1.165) is 36.2 Å². The van der Waals surface area contributed by atoms with Gasteiger partial charge in [0.25, 0.3) is 0 Å². The first-order valence-corrected chi connectivity index (χ1v) is 8.29. The van der Waals surface area contributed by atoms with Gasteiger partial charge in [0.1, 0.15) is 5.84 Å². The van der Waals surface area contributed by atoms with Crippen molar-refractivity contribution in [2.45, 2.75) is 32.7 Å². The van der Waals surface area contributed by atoms with Gasteiger partial charge in [0.15, 0.2) is 5.96 Å². The van der Waals surface area contributed by atoms with Gasteiger partial charge in [0.2, 0.25) is 0 Å². The van der Waals surface area contributed by atoms with Gasteiger partial charge < -0.3 is 10.6 Å². The topological polar surface area (TPSA) is 54.0 Å². The Morgan fingerprint density at radius 1 is 1.47 bits per heavy atom. The average Bonchev–Trinajstić information content (AvgIpc) is 2.88. The zero-order valence-corrected chi connectivity index (χ0v) is 13.7. The number of fused-ring (bicyclic) bond motifs is 1. The highest BCUT2D eigenvalue weighted by Gasteiger charge is 2.28. The lowest BCUT2D eigenvalue weighted by Crippen LogP contribution is -2.48. The fraction of sp³-hybridized carbons (Fsp3) is 0.538. The van der Waals surface area contributed by atoms with E-state index in [1.165, 1.54) is 4.88 Å². The maximum atomic E-state index is 6.01. The number of hydrogen-bond acceptors (Lipinski definition) is 5. The molecule has 0 spiro atoms. The molecule has 0 amide bonds. The van der Waals surface area contributed by atoms with Crippen LogP contribution in [0.5, 0.6) is 0 Å². The summed E-state index contributed by atoms with van der Waals surface area (Å²) < 4.78 is 1.11. The maximum absolute atomic E-state index is 6.01. The molecule has 1 aromatic rings. The molecule has 3 heterocycles.